The number of fused-ring (bicyclic) bond motifs is 5. The van der Waals surface area contributed by atoms with E-state index < -0.39 is 0 Å². The van der Waals surface area contributed by atoms with Crippen molar-refractivity contribution in [2.24, 2.45) is 0 Å². The zero-order valence-corrected chi connectivity index (χ0v) is 15.2. The first-order valence-electron chi connectivity index (χ1n) is 9.43. The van der Waals surface area contributed by atoms with Crippen molar-refractivity contribution in [1.82, 2.24) is 14.1 Å². The minimum absolute atomic E-state index is 0.925. The smallest absolute Gasteiger partial charge is 0.138 e. The molecule has 0 fully saturated rings. The van der Waals surface area contributed by atoms with Crippen molar-refractivity contribution < 1.29 is 0 Å². The van der Waals surface area contributed by atoms with Crippen molar-refractivity contribution in [3.63, 3.8) is 0 Å². The van der Waals surface area contributed by atoms with Crippen LogP contribution in [0.4, 0.5) is 0 Å². The lowest BCUT2D eigenvalue weighted by Gasteiger charge is -2.12. The molecule has 0 aliphatic heterocycles. The molecule has 0 N–H and O–H groups in total. The number of nitrogens with zero attached hydrogens (tertiary/aromatic N) is 3. The van der Waals surface area contributed by atoms with E-state index in [9.17, 15) is 0 Å². The van der Waals surface area contributed by atoms with Gasteiger partial charge < -0.3 is 0 Å². The van der Waals surface area contributed by atoms with Crippen LogP contribution >= 0.6 is 0 Å². The first-order valence-corrected chi connectivity index (χ1v) is 9.43. The summed E-state index contributed by atoms with van der Waals surface area (Å²) in [7, 11) is 0. The standard InChI is InChI=1S/C25H17N3/c1-2-10-18(11-3-1)27-21-14-6-4-12-19(21)24-20-13-5-7-15-22(20)28(25(24)27)23-16-8-9-17-26-23/h1-17H. The van der Waals surface area contributed by atoms with Crippen molar-refractivity contribution in [1.29, 1.82) is 0 Å². The lowest BCUT2D eigenvalue weighted by molar-refractivity contribution is 1.02. The Kier molecular flexibility index (Phi) is 3.17. The minimum atomic E-state index is 0.925. The van der Waals surface area contributed by atoms with E-state index in [1.165, 1.54) is 27.2 Å². The molecule has 0 saturated carbocycles. The molecule has 3 aromatic heterocycles. The van der Waals surface area contributed by atoms with Crippen LogP contribution in [0.5, 0.6) is 0 Å². The van der Waals surface area contributed by atoms with Gasteiger partial charge in [0.15, 0.2) is 0 Å². The molecule has 132 valence electrons. The zero-order valence-electron chi connectivity index (χ0n) is 15.2. The number of hydrogen-bond acceptors (Lipinski definition) is 1. The molecule has 3 aromatic carbocycles. The van der Waals surface area contributed by atoms with Gasteiger partial charge in [0, 0.05) is 28.0 Å². The third kappa shape index (κ3) is 2.01. The maximum Gasteiger partial charge on any atom is 0.138 e. The Labute approximate surface area is 162 Å². The van der Waals surface area contributed by atoms with Gasteiger partial charge in [-0.3, -0.25) is 9.13 Å². The van der Waals surface area contributed by atoms with E-state index >= 15 is 0 Å². The van der Waals surface area contributed by atoms with Gasteiger partial charge in [-0.25, -0.2) is 4.98 Å². The molecule has 0 aliphatic rings. The molecule has 0 saturated heterocycles. The number of benzene rings is 3. The van der Waals surface area contributed by atoms with Gasteiger partial charge in [-0.1, -0.05) is 60.7 Å². The van der Waals surface area contributed by atoms with E-state index in [-0.39, 0.29) is 0 Å². The third-order valence-corrected chi connectivity index (χ3v) is 5.37. The molecule has 6 aromatic rings. The lowest BCUT2D eigenvalue weighted by Crippen LogP contribution is -2.02. The van der Waals surface area contributed by atoms with E-state index in [1.807, 2.05) is 18.3 Å². The van der Waals surface area contributed by atoms with Crippen LogP contribution in [-0.4, -0.2) is 14.1 Å². The molecule has 0 amide bonds. The monoisotopic (exact) mass is 359 g/mol. The van der Waals surface area contributed by atoms with Gasteiger partial charge in [0.05, 0.1) is 11.0 Å². The lowest BCUT2D eigenvalue weighted by atomic mass is 10.1. The van der Waals surface area contributed by atoms with Crippen molar-refractivity contribution in [3.05, 3.63) is 103 Å². The van der Waals surface area contributed by atoms with Crippen molar-refractivity contribution in [2.45, 2.75) is 0 Å². The van der Waals surface area contributed by atoms with Gasteiger partial charge in [0.25, 0.3) is 0 Å². The van der Waals surface area contributed by atoms with E-state index in [0.717, 1.165) is 17.2 Å². The van der Waals surface area contributed by atoms with E-state index in [0.29, 0.717) is 0 Å². The van der Waals surface area contributed by atoms with Gasteiger partial charge in [-0.2, -0.15) is 0 Å². The second-order valence-corrected chi connectivity index (χ2v) is 6.93. The Hall–Kier alpha value is -3.85. The maximum absolute atomic E-state index is 4.68. The molecule has 3 heterocycles. The van der Waals surface area contributed by atoms with Crippen molar-refractivity contribution in [2.75, 3.05) is 0 Å². The van der Waals surface area contributed by atoms with Gasteiger partial charge in [-0.05, 0) is 36.4 Å². The molecule has 3 heteroatoms. The minimum Gasteiger partial charge on any atom is -0.295 e. The fraction of sp³-hybridized carbons (Fsp3) is 0. The largest absolute Gasteiger partial charge is 0.295 e. The van der Waals surface area contributed by atoms with Crippen LogP contribution in [0.1, 0.15) is 0 Å². The van der Waals surface area contributed by atoms with E-state index in [4.69, 9.17) is 0 Å². The topological polar surface area (TPSA) is 22.8 Å². The normalized spacial score (nSPS) is 11.6. The van der Waals surface area contributed by atoms with Crippen molar-refractivity contribution in [3.8, 4) is 11.5 Å². The third-order valence-electron chi connectivity index (χ3n) is 5.37. The Morgan fingerprint density at radius 2 is 1.14 bits per heavy atom. The van der Waals surface area contributed by atoms with Crippen molar-refractivity contribution >= 4 is 32.8 Å². The van der Waals surface area contributed by atoms with Gasteiger partial charge in [0.1, 0.15) is 11.5 Å². The Balaban J connectivity index is 1.93. The summed E-state index contributed by atoms with van der Waals surface area (Å²) in [6.07, 6.45) is 1.85. The Morgan fingerprint density at radius 1 is 0.536 bits per heavy atom. The molecule has 0 radical (unpaired) electrons. The molecule has 0 bridgehead atoms. The summed E-state index contributed by atoms with van der Waals surface area (Å²) >= 11 is 0. The Morgan fingerprint density at radius 3 is 1.82 bits per heavy atom. The average Bonchev–Trinajstić information content (AvgIpc) is 3.27. The number of aromatic nitrogens is 3. The molecule has 0 aliphatic carbocycles. The van der Waals surface area contributed by atoms with Crippen LogP contribution in [0, 0.1) is 0 Å². The molecule has 6 rings (SSSR count). The van der Waals surface area contributed by atoms with Crippen LogP contribution in [0.25, 0.3) is 44.3 Å². The summed E-state index contributed by atoms with van der Waals surface area (Å²) in [5.41, 5.74) is 4.66. The molecule has 28 heavy (non-hydrogen) atoms. The zero-order chi connectivity index (χ0) is 18.5. The summed E-state index contributed by atoms with van der Waals surface area (Å²) in [6, 6.07) is 33.8. The molecular formula is C25H17N3. The quantitative estimate of drug-likeness (QED) is 0.365. The Bertz CT molecular complexity index is 1330. The molecule has 0 unspecified atom stereocenters. The fourth-order valence-corrected chi connectivity index (χ4v) is 4.25. The molecule has 0 spiro atoms. The summed E-state index contributed by atoms with van der Waals surface area (Å²) in [4.78, 5) is 4.68. The number of hydrogen-bond donors (Lipinski definition) is 0. The fourth-order valence-electron chi connectivity index (χ4n) is 4.25. The van der Waals surface area contributed by atoms with Crippen LogP contribution in [0.15, 0.2) is 103 Å². The summed E-state index contributed by atoms with van der Waals surface area (Å²) in [6.45, 7) is 0. The van der Waals surface area contributed by atoms with Crippen LogP contribution in [0.2, 0.25) is 0 Å². The average molecular weight is 359 g/mol. The highest BCUT2D eigenvalue weighted by Crippen LogP contribution is 2.40. The molecular weight excluding hydrogens is 342 g/mol. The second kappa shape index (κ2) is 5.83. The molecule has 3 nitrogen and oxygen atoms in total. The van der Waals surface area contributed by atoms with Gasteiger partial charge >= 0.3 is 0 Å². The highest BCUT2D eigenvalue weighted by molar-refractivity contribution is 6.22. The van der Waals surface area contributed by atoms with Gasteiger partial charge in [-0.15, -0.1) is 0 Å². The van der Waals surface area contributed by atoms with E-state index in [1.54, 1.807) is 0 Å². The summed E-state index contributed by atoms with van der Waals surface area (Å²) in [5, 5.41) is 3.77. The first-order chi connectivity index (χ1) is 13.9. The number of para-hydroxylation sites is 3. The summed E-state index contributed by atoms with van der Waals surface area (Å²) in [5.74, 6) is 0.925. The van der Waals surface area contributed by atoms with E-state index in [2.05, 4.69) is 99.0 Å². The predicted molar refractivity (Wildman–Crippen MR) is 115 cm³/mol. The maximum atomic E-state index is 4.68. The van der Waals surface area contributed by atoms with Crippen LogP contribution in [0.3, 0.4) is 0 Å². The predicted octanol–water partition coefficient (Wildman–Crippen LogP) is 6.12. The number of rotatable bonds is 2. The van der Waals surface area contributed by atoms with Gasteiger partial charge in [0.2, 0.25) is 0 Å². The highest BCUT2D eigenvalue weighted by Gasteiger charge is 2.21. The summed E-state index contributed by atoms with van der Waals surface area (Å²) < 4.78 is 4.62. The van der Waals surface area contributed by atoms with Crippen LogP contribution < -0.4 is 0 Å². The second-order valence-electron chi connectivity index (χ2n) is 6.93. The van der Waals surface area contributed by atoms with Crippen LogP contribution in [-0.2, 0) is 0 Å². The first kappa shape index (κ1) is 15.2. The highest BCUT2D eigenvalue weighted by atomic mass is 15.2. The molecule has 0 atom stereocenters. The number of pyridine rings is 1. The SMILES string of the molecule is c1ccc(-n2c3ccccc3c3c4ccccc4n(-c4ccccn4)c32)cc1.